The van der Waals surface area contributed by atoms with E-state index in [0.29, 0.717) is 25.5 Å². The van der Waals surface area contributed by atoms with Crippen molar-refractivity contribution in [2.75, 3.05) is 13.2 Å². The van der Waals surface area contributed by atoms with E-state index in [1.54, 1.807) is 0 Å². The summed E-state index contributed by atoms with van der Waals surface area (Å²) in [7, 11) is 0. The number of carbonyl (C=O) groups is 1. The van der Waals surface area contributed by atoms with Gasteiger partial charge in [0.05, 0.1) is 24.5 Å². The number of hydrogen-bond acceptors (Lipinski definition) is 10. The minimum absolute atomic E-state index is 0. The Balaban J connectivity index is 0.00000278. The van der Waals surface area contributed by atoms with Crippen LogP contribution in [0.5, 0.6) is 5.75 Å². The molecule has 0 saturated heterocycles. The molecule has 7 N–H and O–H groups in total. The average Bonchev–Trinajstić information content (AvgIpc) is 4.02. The lowest BCUT2D eigenvalue weighted by Gasteiger charge is -2.25. The number of benzene rings is 1. The quantitative estimate of drug-likeness (QED) is 0.0958. The lowest BCUT2D eigenvalue weighted by molar-refractivity contribution is -0.126. The third-order valence-electron chi connectivity index (χ3n) is 8.86. The Bertz CT molecular complexity index is 1480. The molecule has 1 amide bonds. The largest absolute Gasteiger partial charge is 0.490 e. The van der Waals surface area contributed by atoms with Crippen LogP contribution >= 0.6 is 37.2 Å². The molecule has 0 bridgehead atoms. The van der Waals surface area contributed by atoms with E-state index < -0.39 is 31.0 Å². The monoisotopic (exact) mass is 742 g/mol. The van der Waals surface area contributed by atoms with E-state index in [1.165, 1.54) is 5.56 Å². The summed E-state index contributed by atoms with van der Waals surface area (Å²) in [4.78, 5) is 21.7. The summed E-state index contributed by atoms with van der Waals surface area (Å²) in [5.41, 5.74) is 6.29. The molecule has 272 valence electrons. The number of carbonyl (C=O) groups excluding carboxylic acids is 1. The molecule has 1 aromatic carbocycles. The first-order chi connectivity index (χ1) is 22.2. The maximum atomic E-state index is 12.2. The van der Waals surface area contributed by atoms with E-state index in [9.17, 15) is 25.2 Å². The third kappa shape index (κ3) is 11.5. The zero-order valence-corrected chi connectivity index (χ0v) is 30.0. The summed E-state index contributed by atoms with van der Waals surface area (Å²) in [5.74, 6) is 0.624. The number of pyridine rings is 2. The van der Waals surface area contributed by atoms with Crippen molar-refractivity contribution in [1.82, 2.24) is 20.6 Å². The molecule has 2 aliphatic carbocycles. The normalized spacial score (nSPS) is 16.9. The SMILES string of the molecule is Cc1ccc(CCCCC(=O)NC[C@H](O)[C@@H](O)[C@H](O)[C@H](O)CO)nc1CNC1(c2cnccc2-c2ccccc2OC2CC2)CC1.Cl.Cl.Cl. The lowest BCUT2D eigenvalue weighted by Crippen LogP contribution is -2.49. The number of halogens is 3. The molecular weight excluding hydrogens is 695 g/mol. The molecule has 3 aromatic rings. The molecule has 0 spiro atoms. The average molecular weight is 744 g/mol. The van der Waals surface area contributed by atoms with Crippen LogP contribution in [0.1, 0.15) is 67.5 Å². The van der Waals surface area contributed by atoms with Gasteiger partial charge in [0.2, 0.25) is 5.91 Å². The molecule has 0 aliphatic heterocycles. The Morgan fingerprint density at radius 3 is 2.37 bits per heavy atom. The second-order valence-electron chi connectivity index (χ2n) is 12.5. The molecule has 2 aliphatic rings. The maximum absolute atomic E-state index is 12.2. The summed E-state index contributed by atoms with van der Waals surface area (Å²) in [5, 5.41) is 54.2. The van der Waals surface area contributed by atoms with Crippen molar-refractivity contribution < 1.29 is 35.1 Å². The van der Waals surface area contributed by atoms with Crippen LogP contribution in [0.4, 0.5) is 0 Å². The molecule has 2 aromatic heterocycles. The number of hydrogen-bond donors (Lipinski definition) is 7. The molecule has 2 saturated carbocycles. The summed E-state index contributed by atoms with van der Waals surface area (Å²) < 4.78 is 6.24. The van der Waals surface area contributed by atoms with Crippen molar-refractivity contribution in [1.29, 1.82) is 0 Å². The number of ether oxygens (including phenoxy) is 1. The Hall–Kier alpha value is -2.58. The highest BCUT2D eigenvalue weighted by Crippen LogP contribution is 2.50. The zero-order chi connectivity index (χ0) is 32.7. The van der Waals surface area contributed by atoms with Gasteiger partial charge in [-0.15, -0.1) is 37.2 Å². The maximum Gasteiger partial charge on any atom is 0.220 e. The van der Waals surface area contributed by atoms with E-state index in [2.05, 4.69) is 46.8 Å². The molecule has 0 unspecified atom stereocenters. The van der Waals surface area contributed by atoms with Crippen LogP contribution in [0, 0.1) is 6.92 Å². The number of aromatic nitrogens is 2. The van der Waals surface area contributed by atoms with Crippen molar-refractivity contribution in [2.24, 2.45) is 0 Å². The van der Waals surface area contributed by atoms with Crippen LogP contribution in [-0.2, 0) is 23.3 Å². The highest BCUT2D eigenvalue weighted by molar-refractivity contribution is 5.86. The van der Waals surface area contributed by atoms with Crippen molar-refractivity contribution in [3.8, 4) is 16.9 Å². The van der Waals surface area contributed by atoms with Gasteiger partial charge >= 0.3 is 0 Å². The summed E-state index contributed by atoms with van der Waals surface area (Å²) in [6, 6.07) is 14.4. The molecule has 5 rings (SSSR count). The summed E-state index contributed by atoms with van der Waals surface area (Å²) >= 11 is 0. The second kappa shape index (κ2) is 19.7. The van der Waals surface area contributed by atoms with E-state index in [4.69, 9.17) is 14.8 Å². The first-order valence-electron chi connectivity index (χ1n) is 16.2. The van der Waals surface area contributed by atoms with Crippen LogP contribution in [0.25, 0.3) is 11.1 Å². The van der Waals surface area contributed by atoms with Gasteiger partial charge in [-0.3, -0.25) is 14.8 Å². The first-order valence-corrected chi connectivity index (χ1v) is 16.2. The molecule has 2 heterocycles. The second-order valence-corrected chi connectivity index (χ2v) is 12.5. The number of nitrogens with one attached hydrogen (secondary N) is 2. The number of aliphatic hydroxyl groups excluding tert-OH is 5. The fourth-order valence-corrected chi connectivity index (χ4v) is 5.60. The molecule has 11 nitrogen and oxygen atoms in total. The van der Waals surface area contributed by atoms with Crippen LogP contribution in [0.3, 0.4) is 0 Å². The number of nitrogens with zero attached hydrogens (tertiary/aromatic N) is 2. The van der Waals surface area contributed by atoms with Gasteiger partial charge in [0.15, 0.2) is 0 Å². The summed E-state index contributed by atoms with van der Waals surface area (Å²) in [6.07, 6.45) is 4.16. The minimum Gasteiger partial charge on any atom is -0.490 e. The number of para-hydroxylation sites is 1. The topological polar surface area (TPSA) is 177 Å². The predicted octanol–water partition coefficient (Wildman–Crippen LogP) is 3.30. The van der Waals surface area contributed by atoms with Gasteiger partial charge < -0.3 is 40.9 Å². The first kappa shape index (κ1) is 42.6. The van der Waals surface area contributed by atoms with Crippen molar-refractivity contribution in [3.63, 3.8) is 0 Å². The summed E-state index contributed by atoms with van der Waals surface area (Å²) in [6.45, 7) is 1.64. The highest BCUT2D eigenvalue weighted by Gasteiger charge is 2.46. The Morgan fingerprint density at radius 2 is 1.67 bits per heavy atom. The van der Waals surface area contributed by atoms with E-state index in [0.717, 1.165) is 65.9 Å². The number of unbranched alkanes of at least 4 members (excludes halogenated alkanes) is 1. The zero-order valence-electron chi connectivity index (χ0n) is 27.5. The predicted molar refractivity (Wildman–Crippen MR) is 193 cm³/mol. The molecular formula is C35H49Cl3N4O7. The van der Waals surface area contributed by atoms with E-state index in [1.807, 2.05) is 30.6 Å². The van der Waals surface area contributed by atoms with Gasteiger partial charge in [0.25, 0.3) is 0 Å². The number of aliphatic hydroxyl groups is 5. The molecule has 4 atom stereocenters. The van der Waals surface area contributed by atoms with Gasteiger partial charge in [-0.1, -0.05) is 24.3 Å². The van der Waals surface area contributed by atoms with Crippen LogP contribution in [-0.4, -0.2) is 85.1 Å². The Kier molecular flexibility index (Phi) is 17.1. The molecule has 2 fully saturated rings. The minimum atomic E-state index is -1.73. The fraction of sp³-hybridized carbons (Fsp3) is 0.514. The Labute approximate surface area is 306 Å². The van der Waals surface area contributed by atoms with Crippen LogP contribution < -0.4 is 15.4 Å². The lowest BCUT2D eigenvalue weighted by atomic mass is 9.94. The van der Waals surface area contributed by atoms with Crippen LogP contribution in [0.2, 0.25) is 0 Å². The molecule has 0 radical (unpaired) electrons. The fourth-order valence-electron chi connectivity index (χ4n) is 5.60. The molecule has 14 heteroatoms. The van der Waals surface area contributed by atoms with Crippen molar-refractivity contribution >= 4 is 43.1 Å². The number of rotatable bonds is 18. The number of aryl methyl sites for hydroxylation is 2. The molecule has 49 heavy (non-hydrogen) atoms. The smallest absolute Gasteiger partial charge is 0.220 e. The van der Waals surface area contributed by atoms with E-state index in [-0.39, 0.29) is 61.6 Å². The highest BCUT2D eigenvalue weighted by atomic mass is 35.5. The van der Waals surface area contributed by atoms with Crippen molar-refractivity contribution in [3.05, 3.63) is 77.4 Å². The number of amides is 1. The van der Waals surface area contributed by atoms with Crippen molar-refractivity contribution in [2.45, 2.75) is 101 Å². The van der Waals surface area contributed by atoms with Gasteiger partial charge in [-0.25, -0.2) is 0 Å². The van der Waals surface area contributed by atoms with Gasteiger partial charge in [0, 0.05) is 48.7 Å². The third-order valence-corrected chi connectivity index (χ3v) is 8.86. The van der Waals surface area contributed by atoms with Gasteiger partial charge in [0.1, 0.15) is 24.1 Å². The van der Waals surface area contributed by atoms with Crippen LogP contribution in [0.15, 0.2) is 54.9 Å². The van der Waals surface area contributed by atoms with E-state index >= 15 is 0 Å². The van der Waals surface area contributed by atoms with Gasteiger partial charge in [-0.2, -0.15) is 0 Å². The standard InChI is InChI=1S/C35H46N4O7.3ClH/c1-22-10-11-23(6-2-5-9-32(43)37-20-29(41)33(44)34(45)30(42)21-40)39-28(22)19-38-35(15-16-35)27-18-36-17-14-25(27)26-7-3-4-8-31(26)46-24-12-13-24;;;/h3-4,7-8,10-11,14,17-18,24,29-30,33-34,38,40-42,44-45H,2,5-6,9,12-13,15-16,19-21H2,1H3,(H,37,43);3*1H/t29-,30+,33+,34+;;;/m0.../s1. The Morgan fingerprint density at radius 1 is 0.959 bits per heavy atom. The van der Waals surface area contributed by atoms with Gasteiger partial charge in [-0.05, 0) is 86.8 Å².